The Morgan fingerprint density at radius 3 is 2.55 bits per heavy atom. The molecule has 0 unspecified atom stereocenters. The molecule has 8 heteroatoms. The number of hydrogen-bond donors (Lipinski definition) is 2. The first kappa shape index (κ1) is 13.8. The third kappa shape index (κ3) is 1.93. The fourth-order valence-corrected chi connectivity index (χ4v) is 2.41. The molecular formula is C14H13N4O4+. The van der Waals surface area contributed by atoms with E-state index >= 15 is 0 Å². The van der Waals surface area contributed by atoms with Gasteiger partial charge in [0.2, 0.25) is 5.65 Å². The zero-order valence-electron chi connectivity index (χ0n) is 11.9. The Labute approximate surface area is 122 Å². The molecule has 3 rings (SSSR count). The molecule has 0 atom stereocenters. The summed E-state index contributed by atoms with van der Waals surface area (Å²) in [5, 5.41) is 9.76. The average Bonchev–Trinajstić information content (AvgIpc) is 2.50. The third-order valence-corrected chi connectivity index (χ3v) is 3.52. The van der Waals surface area contributed by atoms with Crippen LogP contribution in [0.5, 0.6) is 5.75 Å². The minimum absolute atomic E-state index is 0.000903. The topological polar surface area (TPSA) is 111 Å². The summed E-state index contributed by atoms with van der Waals surface area (Å²) in [5.41, 5.74) is -0.813. The predicted octanol–water partition coefficient (Wildman–Crippen LogP) is -0.888. The minimum atomic E-state index is -0.561. The van der Waals surface area contributed by atoms with Crippen LogP contribution >= 0.6 is 0 Å². The molecule has 0 saturated carbocycles. The lowest BCUT2D eigenvalue weighted by atomic mass is 10.1. The Morgan fingerprint density at radius 2 is 1.86 bits per heavy atom. The van der Waals surface area contributed by atoms with E-state index in [1.807, 2.05) is 0 Å². The van der Waals surface area contributed by atoms with E-state index in [0.29, 0.717) is 5.56 Å². The first-order chi connectivity index (χ1) is 10.4. The van der Waals surface area contributed by atoms with Crippen molar-refractivity contribution in [3.63, 3.8) is 0 Å². The number of aromatic hydroxyl groups is 1. The fourth-order valence-electron chi connectivity index (χ4n) is 2.41. The highest BCUT2D eigenvalue weighted by atomic mass is 16.3. The zero-order chi connectivity index (χ0) is 16.0. The van der Waals surface area contributed by atoms with Gasteiger partial charge in [0.25, 0.3) is 5.56 Å². The maximum absolute atomic E-state index is 12.4. The summed E-state index contributed by atoms with van der Waals surface area (Å²) < 4.78 is 2.15. The van der Waals surface area contributed by atoms with Crippen LogP contribution < -0.4 is 21.9 Å². The smallest absolute Gasteiger partial charge is 0.439 e. The molecule has 0 amide bonds. The standard InChI is InChI=1S/C14H12N4O4/c1-17-11-9(12(20)18(2)14(17)22)10(15-13(21)16-11)7-4-3-5-8(19)6-7/h3-6,19H,1-2H3,(H,15,16,21)/p+1. The number of phenols is 1. The molecule has 2 aromatic heterocycles. The lowest BCUT2D eigenvalue weighted by Gasteiger charge is -2.06. The van der Waals surface area contributed by atoms with E-state index < -0.39 is 16.9 Å². The van der Waals surface area contributed by atoms with Crippen molar-refractivity contribution in [3.8, 4) is 17.0 Å². The molecule has 0 aliphatic heterocycles. The van der Waals surface area contributed by atoms with Crippen molar-refractivity contribution in [3.05, 3.63) is 55.6 Å². The van der Waals surface area contributed by atoms with E-state index in [4.69, 9.17) is 0 Å². The van der Waals surface area contributed by atoms with Gasteiger partial charge >= 0.3 is 11.4 Å². The summed E-state index contributed by atoms with van der Waals surface area (Å²) in [5.74, 6) is 0.000903. The highest BCUT2D eigenvalue weighted by Crippen LogP contribution is 2.23. The molecule has 0 saturated heterocycles. The highest BCUT2D eigenvalue weighted by Gasteiger charge is 2.20. The molecule has 3 N–H and O–H groups in total. The maximum atomic E-state index is 12.4. The summed E-state index contributed by atoms with van der Waals surface area (Å²) in [4.78, 5) is 41.3. The van der Waals surface area contributed by atoms with Gasteiger partial charge in [0.05, 0.1) is 7.05 Å². The number of nitrogens with zero attached hydrogens (tertiary/aromatic N) is 2. The second-order valence-corrected chi connectivity index (χ2v) is 4.93. The van der Waals surface area contributed by atoms with Gasteiger partial charge in [0, 0.05) is 12.6 Å². The molecule has 2 heterocycles. The van der Waals surface area contributed by atoms with Gasteiger partial charge in [-0.15, -0.1) is 0 Å². The number of aryl methyl sites for hydroxylation is 1. The van der Waals surface area contributed by atoms with E-state index in [1.54, 1.807) is 12.1 Å². The van der Waals surface area contributed by atoms with Gasteiger partial charge < -0.3 is 5.11 Å². The van der Waals surface area contributed by atoms with Crippen molar-refractivity contribution >= 4 is 11.0 Å². The van der Waals surface area contributed by atoms with Crippen molar-refractivity contribution < 1.29 is 10.1 Å². The van der Waals surface area contributed by atoms with Gasteiger partial charge in [-0.05, 0) is 12.1 Å². The Morgan fingerprint density at radius 1 is 1.14 bits per heavy atom. The lowest BCUT2D eigenvalue weighted by molar-refractivity contribution is -0.374. The molecule has 0 radical (unpaired) electrons. The highest BCUT2D eigenvalue weighted by molar-refractivity contribution is 5.88. The largest absolute Gasteiger partial charge is 0.508 e. The molecule has 0 spiro atoms. The van der Waals surface area contributed by atoms with Crippen LogP contribution in [0.25, 0.3) is 22.3 Å². The van der Waals surface area contributed by atoms with Gasteiger partial charge in [-0.2, -0.15) is 0 Å². The summed E-state index contributed by atoms with van der Waals surface area (Å²) >= 11 is 0. The normalized spacial score (nSPS) is 11.0. The summed E-state index contributed by atoms with van der Waals surface area (Å²) in [6.07, 6.45) is 0. The molecule has 3 aromatic rings. The van der Waals surface area contributed by atoms with Crippen molar-refractivity contribution in [1.82, 2.24) is 14.1 Å². The lowest BCUT2D eigenvalue weighted by Crippen LogP contribution is -2.43. The summed E-state index contributed by atoms with van der Waals surface area (Å²) in [6.45, 7) is 0. The maximum Gasteiger partial charge on any atom is 0.439 e. The van der Waals surface area contributed by atoms with Crippen LogP contribution in [0.4, 0.5) is 0 Å². The van der Waals surface area contributed by atoms with E-state index in [0.717, 1.165) is 4.57 Å². The number of hydrogen-bond acceptors (Lipinski definition) is 4. The van der Waals surface area contributed by atoms with Crippen LogP contribution in [0.15, 0.2) is 38.6 Å². The minimum Gasteiger partial charge on any atom is -0.508 e. The van der Waals surface area contributed by atoms with E-state index in [9.17, 15) is 19.5 Å². The van der Waals surface area contributed by atoms with E-state index in [1.165, 1.54) is 30.8 Å². The first-order valence-electron chi connectivity index (χ1n) is 6.45. The van der Waals surface area contributed by atoms with Crippen LogP contribution in [0.1, 0.15) is 0 Å². The summed E-state index contributed by atoms with van der Waals surface area (Å²) in [6, 6.07) is 6.15. The SMILES string of the molecule is Cn1c(=O)c2c(-c3cccc(O)c3)[nH]c(=O)[nH+]c2n(C)c1=O. The molecule has 0 aliphatic carbocycles. The van der Waals surface area contributed by atoms with Gasteiger partial charge in [-0.3, -0.25) is 4.79 Å². The van der Waals surface area contributed by atoms with Gasteiger partial charge in [-0.1, -0.05) is 12.1 Å². The fraction of sp³-hybridized carbons (Fsp3) is 0.143. The number of fused-ring (bicyclic) bond motifs is 1. The molecule has 0 fully saturated rings. The molecule has 112 valence electrons. The predicted molar refractivity (Wildman–Crippen MR) is 78.7 cm³/mol. The van der Waals surface area contributed by atoms with Crippen LogP contribution in [-0.4, -0.2) is 19.2 Å². The van der Waals surface area contributed by atoms with Crippen molar-refractivity contribution in [2.24, 2.45) is 14.1 Å². The number of phenolic OH excluding ortho intramolecular Hbond substituents is 1. The Bertz CT molecular complexity index is 1070. The zero-order valence-corrected chi connectivity index (χ0v) is 11.9. The third-order valence-electron chi connectivity index (χ3n) is 3.52. The first-order valence-corrected chi connectivity index (χ1v) is 6.45. The Kier molecular flexibility index (Phi) is 2.94. The van der Waals surface area contributed by atoms with Crippen LogP contribution in [0.2, 0.25) is 0 Å². The second-order valence-electron chi connectivity index (χ2n) is 4.93. The average molecular weight is 301 g/mol. The Hall–Kier alpha value is -3.16. The number of nitrogens with one attached hydrogen (secondary N) is 2. The van der Waals surface area contributed by atoms with Crippen LogP contribution in [-0.2, 0) is 14.1 Å². The van der Waals surface area contributed by atoms with Crippen molar-refractivity contribution in [2.75, 3.05) is 0 Å². The Balaban J connectivity index is 2.59. The molecular weight excluding hydrogens is 288 g/mol. The number of benzene rings is 1. The number of H-pyrrole nitrogens is 2. The van der Waals surface area contributed by atoms with Crippen LogP contribution in [0.3, 0.4) is 0 Å². The summed E-state index contributed by atoms with van der Waals surface area (Å²) in [7, 11) is 2.83. The molecule has 1 aromatic carbocycles. The van der Waals surface area contributed by atoms with E-state index in [-0.39, 0.29) is 22.5 Å². The number of aromatic nitrogens is 4. The monoisotopic (exact) mass is 301 g/mol. The van der Waals surface area contributed by atoms with E-state index in [2.05, 4.69) is 9.97 Å². The van der Waals surface area contributed by atoms with Gasteiger partial charge in [-0.25, -0.2) is 28.7 Å². The van der Waals surface area contributed by atoms with Crippen molar-refractivity contribution in [2.45, 2.75) is 0 Å². The number of rotatable bonds is 1. The molecule has 0 bridgehead atoms. The van der Waals surface area contributed by atoms with Crippen LogP contribution in [0, 0.1) is 0 Å². The number of aromatic amines is 2. The van der Waals surface area contributed by atoms with Gasteiger partial charge in [0.15, 0.2) is 5.39 Å². The molecule has 22 heavy (non-hydrogen) atoms. The van der Waals surface area contributed by atoms with Crippen molar-refractivity contribution in [1.29, 1.82) is 0 Å². The second kappa shape index (κ2) is 4.69. The van der Waals surface area contributed by atoms with Gasteiger partial charge in [0.1, 0.15) is 11.4 Å². The quantitative estimate of drug-likeness (QED) is 0.607. The molecule has 0 aliphatic rings. The molecule has 8 nitrogen and oxygen atoms in total.